The average Bonchev–Trinajstić information content (AvgIpc) is 2.40. The van der Waals surface area contributed by atoms with Gasteiger partial charge < -0.3 is 5.73 Å². The van der Waals surface area contributed by atoms with Crippen molar-refractivity contribution in [1.29, 1.82) is 0 Å². The lowest BCUT2D eigenvalue weighted by Crippen LogP contribution is -2.27. The molecule has 21 heavy (non-hydrogen) atoms. The average molecular weight is 308 g/mol. The van der Waals surface area contributed by atoms with E-state index in [1.165, 1.54) is 6.07 Å². The van der Waals surface area contributed by atoms with Crippen LogP contribution in [0.4, 0.5) is 10.1 Å². The molecule has 0 heterocycles. The molecule has 4 nitrogen and oxygen atoms in total. The van der Waals surface area contributed by atoms with E-state index in [2.05, 4.69) is 4.72 Å². The Morgan fingerprint density at radius 2 is 1.86 bits per heavy atom. The van der Waals surface area contributed by atoms with E-state index in [0.717, 1.165) is 0 Å². The second-order valence-electron chi connectivity index (χ2n) is 4.73. The molecule has 0 radical (unpaired) electrons. The van der Waals surface area contributed by atoms with Gasteiger partial charge in [-0.1, -0.05) is 30.3 Å². The van der Waals surface area contributed by atoms with Crippen molar-refractivity contribution in [2.24, 2.45) is 0 Å². The molecule has 0 aromatic heterocycles. The van der Waals surface area contributed by atoms with Crippen LogP contribution in [-0.2, 0) is 16.4 Å². The summed E-state index contributed by atoms with van der Waals surface area (Å²) in [6.45, 7) is 1.79. The molecule has 0 aliphatic rings. The third-order valence-corrected chi connectivity index (χ3v) is 4.83. The number of hydrogen-bond acceptors (Lipinski definition) is 3. The van der Waals surface area contributed by atoms with E-state index in [1.807, 2.05) is 0 Å². The summed E-state index contributed by atoms with van der Waals surface area (Å²) in [7, 11) is -3.70. The molecular weight excluding hydrogens is 291 g/mol. The van der Waals surface area contributed by atoms with Crippen LogP contribution in [0, 0.1) is 12.7 Å². The number of anilines is 1. The minimum atomic E-state index is -3.70. The summed E-state index contributed by atoms with van der Waals surface area (Å²) in [6, 6.07) is 11.2. The molecule has 0 aliphatic carbocycles. The first kappa shape index (κ1) is 15.5. The maximum Gasteiger partial charge on any atom is 0.242 e. The van der Waals surface area contributed by atoms with Gasteiger partial charge in [0.25, 0.3) is 0 Å². The van der Waals surface area contributed by atoms with E-state index in [9.17, 15) is 12.8 Å². The molecule has 6 heteroatoms. The van der Waals surface area contributed by atoms with Crippen LogP contribution in [0.2, 0.25) is 0 Å². The highest BCUT2D eigenvalue weighted by Gasteiger charge is 2.19. The lowest BCUT2D eigenvalue weighted by Gasteiger charge is -2.11. The summed E-state index contributed by atoms with van der Waals surface area (Å²) in [5.74, 6) is -0.341. The molecule has 0 spiro atoms. The summed E-state index contributed by atoms with van der Waals surface area (Å²) in [6.07, 6.45) is 0.275. The van der Waals surface area contributed by atoms with Gasteiger partial charge >= 0.3 is 0 Å². The second-order valence-corrected chi connectivity index (χ2v) is 6.44. The predicted octanol–water partition coefficient (Wildman–Crippen LogP) is 2.24. The Bertz CT molecular complexity index is 725. The molecular formula is C15H17FN2O2S. The van der Waals surface area contributed by atoms with E-state index >= 15 is 0 Å². The lowest BCUT2D eigenvalue weighted by molar-refractivity contribution is 0.577. The number of nitrogens with one attached hydrogen (secondary N) is 1. The number of sulfonamides is 1. The Labute approximate surface area is 123 Å². The molecule has 0 amide bonds. The van der Waals surface area contributed by atoms with E-state index in [4.69, 9.17) is 5.73 Å². The van der Waals surface area contributed by atoms with Crippen LogP contribution >= 0.6 is 0 Å². The van der Waals surface area contributed by atoms with Crippen molar-refractivity contribution in [2.45, 2.75) is 18.2 Å². The van der Waals surface area contributed by atoms with Crippen LogP contribution in [0.1, 0.15) is 11.1 Å². The molecule has 2 rings (SSSR count). The van der Waals surface area contributed by atoms with Crippen molar-refractivity contribution >= 4 is 15.7 Å². The fourth-order valence-electron chi connectivity index (χ4n) is 2.14. The van der Waals surface area contributed by atoms with Crippen LogP contribution in [-0.4, -0.2) is 15.0 Å². The number of nitrogen functional groups attached to an aromatic ring is 1. The Morgan fingerprint density at radius 1 is 1.14 bits per heavy atom. The summed E-state index contributed by atoms with van der Waals surface area (Å²) in [5, 5.41) is 0. The van der Waals surface area contributed by atoms with E-state index in [1.54, 1.807) is 43.3 Å². The number of aryl methyl sites for hydroxylation is 1. The molecule has 112 valence electrons. The summed E-state index contributed by atoms with van der Waals surface area (Å²) in [4.78, 5) is 0.0820. The fraction of sp³-hybridized carbons (Fsp3) is 0.200. The third kappa shape index (κ3) is 3.59. The molecule has 2 aromatic rings. The molecule has 0 bridgehead atoms. The van der Waals surface area contributed by atoms with Gasteiger partial charge in [0.05, 0.1) is 5.69 Å². The minimum absolute atomic E-state index is 0.0820. The van der Waals surface area contributed by atoms with Gasteiger partial charge in [-0.15, -0.1) is 0 Å². The van der Waals surface area contributed by atoms with Crippen LogP contribution in [0.5, 0.6) is 0 Å². The van der Waals surface area contributed by atoms with Crippen molar-refractivity contribution in [2.75, 3.05) is 12.3 Å². The molecule has 0 atom stereocenters. The number of benzene rings is 2. The summed E-state index contributed by atoms with van der Waals surface area (Å²) in [5.41, 5.74) is 6.99. The lowest BCUT2D eigenvalue weighted by atomic mass is 10.1. The first-order chi connectivity index (χ1) is 9.92. The van der Waals surface area contributed by atoms with Crippen molar-refractivity contribution in [3.8, 4) is 0 Å². The normalized spacial score (nSPS) is 11.5. The molecule has 0 unspecified atom stereocenters. The molecule has 0 saturated heterocycles. The van der Waals surface area contributed by atoms with Gasteiger partial charge in [0.1, 0.15) is 10.7 Å². The monoisotopic (exact) mass is 308 g/mol. The molecule has 3 N–H and O–H groups in total. The van der Waals surface area contributed by atoms with E-state index < -0.39 is 10.0 Å². The van der Waals surface area contributed by atoms with Crippen molar-refractivity contribution < 1.29 is 12.8 Å². The Morgan fingerprint density at radius 3 is 2.52 bits per heavy atom. The second kappa shape index (κ2) is 6.24. The van der Waals surface area contributed by atoms with Crippen LogP contribution in [0.3, 0.4) is 0 Å². The highest BCUT2D eigenvalue weighted by atomic mass is 32.2. The Balaban J connectivity index is 2.11. The number of nitrogens with two attached hydrogens (primary N) is 1. The Kier molecular flexibility index (Phi) is 4.59. The van der Waals surface area contributed by atoms with Crippen molar-refractivity contribution in [1.82, 2.24) is 4.72 Å². The number of halogens is 1. The molecule has 2 aromatic carbocycles. The zero-order chi connectivity index (χ0) is 15.5. The Hall–Kier alpha value is -1.92. The molecule has 0 saturated carbocycles. The maximum absolute atomic E-state index is 13.5. The van der Waals surface area contributed by atoms with Gasteiger partial charge in [-0.2, -0.15) is 0 Å². The molecule has 0 aliphatic heterocycles. The summed E-state index contributed by atoms with van der Waals surface area (Å²) >= 11 is 0. The van der Waals surface area contributed by atoms with E-state index in [0.29, 0.717) is 11.1 Å². The maximum atomic E-state index is 13.5. The quantitative estimate of drug-likeness (QED) is 0.832. The zero-order valence-electron chi connectivity index (χ0n) is 11.6. The van der Waals surface area contributed by atoms with Gasteiger partial charge in [0.15, 0.2) is 0 Å². The SMILES string of the molecule is Cc1cccc(N)c1S(=O)(=O)NCCc1ccccc1F. The van der Waals surface area contributed by atoms with Gasteiger partial charge in [0, 0.05) is 6.54 Å². The highest BCUT2D eigenvalue weighted by Crippen LogP contribution is 2.21. The molecule has 0 fully saturated rings. The van der Waals surface area contributed by atoms with Gasteiger partial charge in [-0.05, 0) is 36.6 Å². The topological polar surface area (TPSA) is 72.2 Å². The number of rotatable bonds is 5. The highest BCUT2D eigenvalue weighted by molar-refractivity contribution is 7.89. The van der Waals surface area contributed by atoms with E-state index in [-0.39, 0.29) is 29.4 Å². The fourth-order valence-corrected chi connectivity index (χ4v) is 3.52. The van der Waals surface area contributed by atoms with Gasteiger partial charge in [-0.3, -0.25) is 0 Å². The van der Waals surface area contributed by atoms with Crippen LogP contribution in [0.15, 0.2) is 47.4 Å². The van der Waals surface area contributed by atoms with Crippen molar-refractivity contribution in [3.05, 3.63) is 59.4 Å². The number of hydrogen-bond donors (Lipinski definition) is 2. The van der Waals surface area contributed by atoms with Crippen LogP contribution in [0.25, 0.3) is 0 Å². The third-order valence-electron chi connectivity index (χ3n) is 3.16. The minimum Gasteiger partial charge on any atom is -0.398 e. The predicted molar refractivity (Wildman–Crippen MR) is 80.9 cm³/mol. The summed E-state index contributed by atoms with van der Waals surface area (Å²) < 4.78 is 40.4. The first-order valence-electron chi connectivity index (χ1n) is 6.50. The first-order valence-corrected chi connectivity index (χ1v) is 7.98. The van der Waals surface area contributed by atoms with Crippen molar-refractivity contribution in [3.63, 3.8) is 0 Å². The van der Waals surface area contributed by atoms with Crippen LogP contribution < -0.4 is 10.5 Å². The van der Waals surface area contributed by atoms with Gasteiger partial charge in [0.2, 0.25) is 10.0 Å². The zero-order valence-corrected chi connectivity index (χ0v) is 12.5. The largest absolute Gasteiger partial charge is 0.398 e. The smallest absolute Gasteiger partial charge is 0.242 e. The van der Waals surface area contributed by atoms with Gasteiger partial charge in [-0.25, -0.2) is 17.5 Å². The standard InChI is InChI=1S/C15H17FN2O2S/c1-11-5-4-8-14(17)15(11)21(19,20)18-10-9-12-6-2-3-7-13(12)16/h2-8,18H,9-10,17H2,1H3.